The number of rotatable bonds is 7. The van der Waals surface area contributed by atoms with E-state index in [1.165, 1.54) is 36.8 Å². The van der Waals surface area contributed by atoms with Crippen LogP contribution in [-0.4, -0.2) is 11.5 Å². The summed E-state index contributed by atoms with van der Waals surface area (Å²) in [5, 5.41) is 3.81. The molecule has 1 unspecified atom stereocenters. The molecule has 0 amide bonds. The quantitative estimate of drug-likeness (QED) is 0.816. The molecule has 21 heavy (non-hydrogen) atoms. The van der Waals surface area contributed by atoms with Gasteiger partial charge in [-0.3, -0.25) is 4.98 Å². The van der Waals surface area contributed by atoms with E-state index in [2.05, 4.69) is 59.7 Å². The summed E-state index contributed by atoms with van der Waals surface area (Å²) in [6, 6.07) is 15.2. The summed E-state index contributed by atoms with van der Waals surface area (Å²) in [6.07, 6.45) is 9.15. The van der Waals surface area contributed by atoms with E-state index in [9.17, 15) is 0 Å². The van der Waals surface area contributed by atoms with E-state index >= 15 is 0 Å². The largest absolute Gasteiger partial charge is 0.306 e. The van der Waals surface area contributed by atoms with Crippen LogP contribution in [-0.2, 0) is 0 Å². The number of nitrogens with zero attached hydrogens (tertiary/aromatic N) is 1. The third-order valence-electron chi connectivity index (χ3n) is 4.59. The second kappa shape index (κ2) is 6.40. The van der Waals surface area contributed by atoms with E-state index in [1.807, 2.05) is 12.4 Å². The van der Waals surface area contributed by atoms with Gasteiger partial charge < -0.3 is 5.32 Å². The Morgan fingerprint density at radius 1 is 1.05 bits per heavy atom. The van der Waals surface area contributed by atoms with Gasteiger partial charge in [0.05, 0.1) is 6.04 Å². The summed E-state index contributed by atoms with van der Waals surface area (Å²) >= 11 is 0. The Morgan fingerprint density at radius 3 is 2.33 bits per heavy atom. The van der Waals surface area contributed by atoms with Crippen molar-refractivity contribution in [2.24, 2.45) is 5.41 Å². The molecule has 2 aromatic rings. The van der Waals surface area contributed by atoms with Gasteiger partial charge in [-0.15, -0.1) is 0 Å². The summed E-state index contributed by atoms with van der Waals surface area (Å²) in [5.74, 6) is 0. The molecule has 1 N–H and O–H groups in total. The van der Waals surface area contributed by atoms with Crippen LogP contribution < -0.4 is 5.32 Å². The zero-order valence-corrected chi connectivity index (χ0v) is 12.8. The Balaban J connectivity index is 1.77. The van der Waals surface area contributed by atoms with Crippen LogP contribution in [0.4, 0.5) is 0 Å². The lowest BCUT2D eigenvalue weighted by molar-refractivity contribution is 0.404. The van der Waals surface area contributed by atoms with E-state index < -0.39 is 0 Å². The van der Waals surface area contributed by atoms with Crippen molar-refractivity contribution in [3.63, 3.8) is 0 Å². The number of aromatic nitrogens is 1. The first kappa shape index (κ1) is 14.3. The highest BCUT2D eigenvalue weighted by atomic mass is 14.9. The highest BCUT2D eigenvalue weighted by Crippen LogP contribution is 2.49. The van der Waals surface area contributed by atoms with Gasteiger partial charge in [0.1, 0.15) is 0 Å². The SMILES string of the molecule is CCCC1(CNC(c2ccccc2)c2ccncc2)CC1. The molecule has 1 heterocycles. The predicted octanol–water partition coefficient (Wildman–Crippen LogP) is 4.34. The van der Waals surface area contributed by atoms with Crippen LogP contribution in [0.3, 0.4) is 0 Å². The average Bonchev–Trinajstić information content (AvgIpc) is 3.30. The first-order valence-electron chi connectivity index (χ1n) is 8.01. The van der Waals surface area contributed by atoms with Gasteiger partial charge in [-0.25, -0.2) is 0 Å². The highest BCUT2D eigenvalue weighted by Gasteiger charge is 2.41. The van der Waals surface area contributed by atoms with E-state index in [0.717, 1.165) is 6.54 Å². The van der Waals surface area contributed by atoms with Crippen molar-refractivity contribution in [1.29, 1.82) is 0 Å². The second-order valence-electron chi connectivity index (χ2n) is 6.26. The van der Waals surface area contributed by atoms with Gasteiger partial charge in [-0.2, -0.15) is 0 Å². The van der Waals surface area contributed by atoms with E-state index in [1.54, 1.807) is 0 Å². The molecule has 110 valence electrons. The van der Waals surface area contributed by atoms with Crippen LogP contribution in [0, 0.1) is 5.41 Å². The molecule has 0 radical (unpaired) electrons. The third kappa shape index (κ3) is 3.51. The number of benzene rings is 1. The first-order valence-corrected chi connectivity index (χ1v) is 8.01. The van der Waals surface area contributed by atoms with Crippen LogP contribution in [0.25, 0.3) is 0 Å². The Morgan fingerprint density at radius 2 is 1.71 bits per heavy atom. The fraction of sp³-hybridized carbons (Fsp3) is 0.421. The molecule has 1 aliphatic carbocycles. The van der Waals surface area contributed by atoms with Crippen LogP contribution in [0.5, 0.6) is 0 Å². The summed E-state index contributed by atoms with van der Waals surface area (Å²) in [4.78, 5) is 4.14. The molecular weight excluding hydrogens is 256 g/mol. The van der Waals surface area contributed by atoms with Crippen molar-refractivity contribution in [3.8, 4) is 0 Å². The summed E-state index contributed by atoms with van der Waals surface area (Å²) in [7, 11) is 0. The Bertz CT molecular complexity index is 507. The monoisotopic (exact) mass is 280 g/mol. The molecule has 1 aromatic heterocycles. The van der Waals surface area contributed by atoms with Gasteiger partial charge in [-0.1, -0.05) is 43.7 Å². The van der Waals surface area contributed by atoms with Gasteiger partial charge >= 0.3 is 0 Å². The molecular formula is C19H24N2. The van der Waals surface area contributed by atoms with Gasteiger partial charge in [0.15, 0.2) is 0 Å². The lowest BCUT2D eigenvalue weighted by Gasteiger charge is -2.23. The zero-order valence-electron chi connectivity index (χ0n) is 12.8. The van der Waals surface area contributed by atoms with Crippen molar-refractivity contribution in [3.05, 3.63) is 66.0 Å². The molecule has 0 aliphatic heterocycles. The number of nitrogens with one attached hydrogen (secondary N) is 1. The van der Waals surface area contributed by atoms with Crippen LogP contribution >= 0.6 is 0 Å². The summed E-state index contributed by atoms with van der Waals surface area (Å²) in [6.45, 7) is 3.40. The molecule has 2 heteroatoms. The molecule has 1 aromatic carbocycles. The van der Waals surface area contributed by atoms with Gasteiger partial charge in [0, 0.05) is 18.9 Å². The topological polar surface area (TPSA) is 24.9 Å². The minimum atomic E-state index is 0.267. The van der Waals surface area contributed by atoms with E-state index in [0.29, 0.717) is 5.41 Å². The molecule has 2 nitrogen and oxygen atoms in total. The second-order valence-corrected chi connectivity index (χ2v) is 6.26. The molecule has 1 aliphatic rings. The maximum atomic E-state index is 4.14. The lowest BCUT2D eigenvalue weighted by atomic mass is 9.96. The van der Waals surface area contributed by atoms with Crippen molar-refractivity contribution in [2.45, 2.75) is 38.6 Å². The molecule has 0 saturated heterocycles. The van der Waals surface area contributed by atoms with Crippen molar-refractivity contribution in [2.75, 3.05) is 6.54 Å². The fourth-order valence-corrected chi connectivity index (χ4v) is 3.17. The Kier molecular flexibility index (Phi) is 4.35. The number of pyridine rings is 1. The molecule has 0 spiro atoms. The van der Waals surface area contributed by atoms with E-state index in [-0.39, 0.29) is 6.04 Å². The molecule has 1 fully saturated rings. The minimum absolute atomic E-state index is 0.267. The average molecular weight is 280 g/mol. The molecule has 1 saturated carbocycles. The van der Waals surface area contributed by atoms with Crippen LogP contribution in [0.1, 0.15) is 49.8 Å². The Hall–Kier alpha value is -1.67. The van der Waals surface area contributed by atoms with E-state index in [4.69, 9.17) is 0 Å². The first-order chi connectivity index (χ1) is 10.3. The predicted molar refractivity (Wildman–Crippen MR) is 87.1 cm³/mol. The maximum Gasteiger partial charge on any atom is 0.0578 e. The molecule has 3 rings (SSSR count). The summed E-state index contributed by atoms with van der Waals surface area (Å²) < 4.78 is 0. The number of hydrogen-bond donors (Lipinski definition) is 1. The van der Waals surface area contributed by atoms with Crippen molar-refractivity contribution in [1.82, 2.24) is 10.3 Å². The number of hydrogen-bond acceptors (Lipinski definition) is 2. The maximum absolute atomic E-state index is 4.14. The smallest absolute Gasteiger partial charge is 0.0578 e. The standard InChI is InChI=1S/C19H24N2/c1-2-10-19(11-12-19)15-21-18(16-6-4-3-5-7-16)17-8-13-20-14-9-17/h3-9,13-14,18,21H,2,10-12,15H2,1H3. The minimum Gasteiger partial charge on any atom is -0.306 e. The molecule has 0 bridgehead atoms. The van der Waals surface area contributed by atoms with Crippen LogP contribution in [0.2, 0.25) is 0 Å². The van der Waals surface area contributed by atoms with Crippen LogP contribution in [0.15, 0.2) is 54.9 Å². The zero-order chi connectivity index (χ0) is 14.5. The molecule has 1 atom stereocenters. The summed E-state index contributed by atoms with van der Waals surface area (Å²) in [5.41, 5.74) is 3.19. The van der Waals surface area contributed by atoms with Gasteiger partial charge in [-0.05, 0) is 47.9 Å². The van der Waals surface area contributed by atoms with Crippen molar-refractivity contribution < 1.29 is 0 Å². The van der Waals surface area contributed by atoms with Crippen molar-refractivity contribution >= 4 is 0 Å². The fourth-order valence-electron chi connectivity index (χ4n) is 3.17. The third-order valence-corrected chi connectivity index (χ3v) is 4.59. The normalized spacial score (nSPS) is 17.4. The van der Waals surface area contributed by atoms with Gasteiger partial charge in [0.2, 0.25) is 0 Å². The Labute approximate surface area is 127 Å². The van der Waals surface area contributed by atoms with Gasteiger partial charge in [0.25, 0.3) is 0 Å². The highest BCUT2D eigenvalue weighted by molar-refractivity contribution is 5.30. The lowest BCUT2D eigenvalue weighted by Crippen LogP contribution is -2.29.